The van der Waals surface area contributed by atoms with Gasteiger partial charge in [-0.1, -0.05) is 0 Å². The molecule has 2 heterocycles. The van der Waals surface area contributed by atoms with Crippen LogP contribution in [0.15, 0.2) is 18.5 Å². The van der Waals surface area contributed by atoms with Crippen LogP contribution < -0.4 is 0 Å². The minimum atomic E-state index is -0.0253. The minimum Gasteiger partial charge on any atom is -0.400 e. The van der Waals surface area contributed by atoms with Gasteiger partial charge >= 0.3 is 0 Å². The number of aryl methyl sites for hydroxylation is 1. The summed E-state index contributed by atoms with van der Waals surface area (Å²) in [6.45, 7) is 2.82. The maximum Gasteiger partial charge on any atom is 0.135 e. The summed E-state index contributed by atoms with van der Waals surface area (Å²) in [4.78, 5) is 8.23. The molecule has 0 bridgehead atoms. The van der Waals surface area contributed by atoms with Crippen LogP contribution >= 0.6 is 0 Å². The van der Waals surface area contributed by atoms with Crippen LogP contribution in [0, 0.1) is 0 Å². The van der Waals surface area contributed by atoms with Crippen molar-refractivity contribution in [3.8, 4) is 0 Å². The molecule has 0 aromatic carbocycles. The number of aliphatic hydroxyl groups is 2. The number of imidazole rings is 1. The zero-order valence-corrected chi connectivity index (χ0v) is 11.6. The molecular formula is C10H15IrN3O2. The first-order chi connectivity index (χ1) is 7.36. The zero-order chi connectivity index (χ0) is 11.3. The summed E-state index contributed by atoms with van der Waals surface area (Å²) < 4.78 is 1.98. The van der Waals surface area contributed by atoms with Gasteiger partial charge in [0.2, 0.25) is 0 Å². The molecule has 0 aliphatic heterocycles. The predicted octanol–water partition coefficient (Wildman–Crippen LogP) is 0.549. The van der Waals surface area contributed by atoms with Crippen LogP contribution in [-0.2, 0) is 33.3 Å². The summed E-state index contributed by atoms with van der Waals surface area (Å²) in [6.07, 6.45) is 3.44. The normalized spacial score (nSPS) is 9.25. The SMILES string of the molecule is CCn1c(CO)nc2cnccc21.CO.[Ir]. The van der Waals surface area contributed by atoms with Crippen molar-refractivity contribution in [3.63, 3.8) is 0 Å². The Labute approximate surface area is 108 Å². The van der Waals surface area contributed by atoms with Crippen molar-refractivity contribution in [2.24, 2.45) is 0 Å². The Morgan fingerprint density at radius 2 is 2.06 bits per heavy atom. The van der Waals surface area contributed by atoms with Gasteiger partial charge in [-0.2, -0.15) is 0 Å². The zero-order valence-electron chi connectivity index (χ0n) is 9.22. The molecule has 2 rings (SSSR count). The molecule has 0 amide bonds. The van der Waals surface area contributed by atoms with Gasteiger partial charge in [0.15, 0.2) is 0 Å². The number of hydrogen-bond donors (Lipinski definition) is 2. The van der Waals surface area contributed by atoms with Crippen molar-refractivity contribution in [3.05, 3.63) is 24.3 Å². The average molecular weight is 401 g/mol. The van der Waals surface area contributed by atoms with Crippen molar-refractivity contribution >= 4 is 11.0 Å². The van der Waals surface area contributed by atoms with Gasteiger partial charge in [-0.15, -0.1) is 0 Å². The van der Waals surface area contributed by atoms with E-state index in [0.717, 1.165) is 24.7 Å². The Bertz CT molecular complexity index is 431. The first-order valence-corrected chi connectivity index (χ1v) is 4.71. The van der Waals surface area contributed by atoms with E-state index in [2.05, 4.69) is 9.97 Å². The van der Waals surface area contributed by atoms with Crippen LogP contribution in [0.2, 0.25) is 0 Å². The fourth-order valence-electron chi connectivity index (χ4n) is 1.51. The quantitative estimate of drug-likeness (QED) is 0.771. The van der Waals surface area contributed by atoms with Crippen molar-refractivity contribution in [2.75, 3.05) is 7.11 Å². The molecule has 0 saturated heterocycles. The van der Waals surface area contributed by atoms with E-state index < -0.39 is 0 Å². The number of aliphatic hydroxyl groups excluding tert-OH is 2. The van der Waals surface area contributed by atoms with Crippen molar-refractivity contribution in [1.29, 1.82) is 0 Å². The van der Waals surface area contributed by atoms with Crippen LogP contribution in [0.3, 0.4) is 0 Å². The summed E-state index contributed by atoms with van der Waals surface area (Å²) in [5, 5.41) is 16.0. The van der Waals surface area contributed by atoms with Crippen molar-refractivity contribution in [2.45, 2.75) is 20.1 Å². The largest absolute Gasteiger partial charge is 0.400 e. The Hall–Kier alpha value is -0.811. The van der Waals surface area contributed by atoms with Crippen LogP contribution in [0.5, 0.6) is 0 Å². The van der Waals surface area contributed by atoms with Gasteiger partial charge in [0.25, 0.3) is 0 Å². The maximum atomic E-state index is 9.05. The van der Waals surface area contributed by atoms with E-state index in [1.54, 1.807) is 12.4 Å². The third-order valence-corrected chi connectivity index (χ3v) is 2.09. The Kier molecular flexibility index (Phi) is 7.08. The van der Waals surface area contributed by atoms with E-state index in [-0.39, 0.29) is 26.7 Å². The van der Waals surface area contributed by atoms with E-state index in [0.29, 0.717) is 5.82 Å². The summed E-state index contributed by atoms with van der Waals surface area (Å²) in [5.41, 5.74) is 1.87. The standard InChI is InChI=1S/C9H11N3O.CH4O.Ir/c1-2-12-8-3-4-10-5-7(8)11-9(12)6-13;1-2;/h3-5,13H,2,6H2,1H3;2H,1H3;. The molecule has 1 radical (unpaired) electrons. The molecule has 0 aliphatic rings. The summed E-state index contributed by atoms with van der Waals surface area (Å²) in [6, 6.07) is 1.91. The van der Waals surface area contributed by atoms with Gasteiger partial charge in [-0.25, -0.2) is 4.98 Å². The molecule has 16 heavy (non-hydrogen) atoms. The van der Waals surface area contributed by atoms with Gasteiger partial charge in [0.1, 0.15) is 17.9 Å². The number of aromatic nitrogens is 3. The Balaban J connectivity index is 0.000000711. The first-order valence-electron chi connectivity index (χ1n) is 4.71. The predicted molar refractivity (Wildman–Crippen MR) is 57.3 cm³/mol. The van der Waals surface area contributed by atoms with Gasteiger partial charge in [-0.3, -0.25) is 4.98 Å². The molecule has 0 atom stereocenters. The number of pyridine rings is 1. The molecule has 6 heteroatoms. The van der Waals surface area contributed by atoms with E-state index in [1.807, 2.05) is 17.6 Å². The van der Waals surface area contributed by atoms with E-state index in [1.165, 1.54) is 0 Å². The molecular weight excluding hydrogens is 386 g/mol. The smallest absolute Gasteiger partial charge is 0.135 e. The summed E-state index contributed by atoms with van der Waals surface area (Å²) in [5.74, 6) is 0.700. The molecule has 2 aromatic heterocycles. The minimum absolute atomic E-state index is 0. The van der Waals surface area contributed by atoms with E-state index >= 15 is 0 Å². The van der Waals surface area contributed by atoms with E-state index in [9.17, 15) is 0 Å². The Morgan fingerprint density at radius 1 is 1.38 bits per heavy atom. The van der Waals surface area contributed by atoms with Gasteiger partial charge in [0, 0.05) is 40.0 Å². The molecule has 5 nitrogen and oxygen atoms in total. The van der Waals surface area contributed by atoms with Crippen LogP contribution in [0.25, 0.3) is 11.0 Å². The average Bonchev–Trinajstić information content (AvgIpc) is 2.69. The molecule has 0 saturated carbocycles. The third-order valence-electron chi connectivity index (χ3n) is 2.09. The number of hydrogen-bond acceptors (Lipinski definition) is 4. The molecule has 2 N–H and O–H groups in total. The topological polar surface area (TPSA) is 71.2 Å². The van der Waals surface area contributed by atoms with Gasteiger partial charge in [0.05, 0.1) is 11.7 Å². The Morgan fingerprint density at radius 3 is 2.62 bits per heavy atom. The van der Waals surface area contributed by atoms with Gasteiger partial charge in [-0.05, 0) is 13.0 Å². The monoisotopic (exact) mass is 402 g/mol. The number of rotatable bonds is 2. The van der Waals surface area contributed by atoms with Crippen molar-refractivity contribution in [1.82, 2.24) is 14.5 Å². The molecule has 0 aliphatic carbocycles. The van der Waals surface area contributed by atoms with Crippen LogP contribution in [0.1, 0.15) is 12.7 Å². The molecule has 0 fully saturated rings. The summed E-state index contributed by atoms with van der Waals surface area (Å²) in [7, 11) is 1.00. The number of nitrogens with zero attached hydrogens (tertiary/aromatic N) is 3. The molecule has 0 unspecified atom stereocenters. The second-order valence-corrected chi connectivity index (χ2v) is 2.79. The molecule has 0 spiro atoms. The van der Waals surface area contributed by atoms with E-state index in [4.69, 9.17) is 10.2 Å². The first kappa shape index (κ1) is 15.2. The maximum absolute atomic E-state index is 9.05. The van der Waals surface area contributed by atoms with Crippen LogP contribution in [-0.4, -0.2) is 31.9 Å². The molecule has 91 valence electrons. The number of fused-ring (bicyclic) bond motifs is 1. The second kappa shape index (κ2) is 7.46. The molecule has 2 aromatic rings. The third kappa shape index (κ3) is 2.86. The second-order valence-electron chi connectivity index (χ2n) is 2.79. The fraction of sp³-hybridized carbons (Fsp3) is 0.400. The van der Waals surface area contributed by atoms with Gasteiger partial charge < -0.3 is 14.8 Å². The van der Waals surface area contributed by atoms with Crippen LogP contribution in [0.4, 0.5) is 0 Å². The van der Waals surface area contributed by atoms with Crippen molar-refractivity contribution < 1.29 is 30.3 Å². The fourth-order valence-corrected chi connectivity index (χ4v) is 1.51. The summed E-state index contributed by atoms with van der Waals surface area (Å²) >= 11 is 0.